The largest absolute Gasteiger partial charge is 0.508 e. The van der Waals surface area contributed by atoms with Gasteiger partial charge in [-0.25, -0.2) is 0 Å². The van der Waals surface area contributed by atoms with Gasteiger partial charge in [-0.1, -0.05) is 33.1 Å². The lowest BCUT2D eigenvalue weighted by atomic mass is 10.0. The Labute approximate surface area is 115 Å². The van der Waals surface area contributed by atoms with Crippen LogP contribution in [0.2, 0.25) is 0 Å². The topological polar surface area (TPSA) is 38.7 Å². The maximum absolute atomic E-state index is 9.94. The lowest BCUT2D eigenvalue weighted by molar-refractivity contribution is -0.0666. The number of unbranched alkanes of at least 4 members (excludes halogenated alkanes) is 2. The number of benzene rings is 1. The highest BCUT2D eigenvalue weighted by atomic mass is 16.7. The van der Waals surface area contributed by atoms with Gasteiger partial charge < -0.3 is 14.6 Å². The molecular weight excluding hydrogens is 240 g/mol. The van der Waals surface area contributed by atoms with Crippen molar-refractivity contribution >= 4 is 0 Å². The van der Waals surface area contributed by atoms with Gasteiger partial charge in [0, 0.05) is 12.0 Å². The Bertz CT molecular complexity index is 415. The molecule has 1 unspecified atom stereocenters. The van der Waals surface area contributed by atoms with Crippen molar-refractivity contribution in [1.82, 2.24) is 0 Å². The molecule has 1 heterocycles. The molecule has 0 radical (unpaired) electrons. The van der Waals surface area contributed by atoms with E-state index in [-0.39, 0.29) is 6.29 Å². The first kappa shape index (κ1) is 14.2. The minimum absolute atomic E-state index is 0.178. The summed E-state index contributed by atoms with van der Waals surface area (Å²) in [7, 11) is 0. The normalized spacial score (nSPS) is 17.3. The van der Waals surface area contributed by atoms with Crippen LogP contribution in [0.5, 0.6) is 11.5 Å². The van der Waals surface area contributed by atoms with Gasteiger partial charge in [0.25, 0.3) is 0 Å². The van der Waals surface area contributed by atoms with Crippen molar-refractivity contribution in [3.05, 3.63) is 23.3 Å². The third-order valence-electron chi connectivity index (χ3n) is 3.48. The van der Waals surface area contributed by atoms with Crippen molar-refractivity contribution in [2.45, 2.75) is 58.7 Å². The Morgan fingerprint density at radius 3 is 2.84 bits per heavy atom. The Morgan fingerprint density at radius 1 is 1.26 bits per heavy atom. The summed E-state index contributed by atoms with van der Waals surface area (Å²) in [6, 6.07) is 3.79. The van der Waals surface area contributed by atoms with Gasteiger partial charge in [0.2, 0.25) is 6.29 Å². The van der Waals surface area contributed by atoms with Gasteiger partial charge >= 0.3 is 0 Å². The Hall–Kier alpha value is -1.22. The molecule has 1 aliphatic rings. The number of ether oxygens (including phenoxy) is 2. The second-order valence-corrected chi connectivity index (χ2v) is 5.17. The molecule has 0 bridgehead atoms. The molecule has 106 valence electrons. The monoisotopic (exact) mass is 264 g/mol. The van der Waals surface area contributed by atoms with Crippen LogP contribution >= 0.6 is 0 Å². The summed E-state index contributed by atoms with van der Waals surface area (Å²) in [6.45, 7) is 5.04. The Balaban J connectivity index is 1.92. The van der Waals surface area contributed by atoms with Gasteiger partial charge in [-0.15, -0.1) is 0 Å². The summed E-state index contributed by atoms with van der Waals surface area (Å²) in [4.78, 5) is 0. The number of hydrogen-bond donors (Lipinski definition) is 1. The smallest absolute Gasteiger partial charge is 0.204 e. The summed E-state index contributed by atoms with van der Waals surface area (Å²) in [5, 5.41) is 9.94. The van der Waals surface area contributed by atoms with Crippen LogP contribution in [0.15, 0.2) is 12.1 Å². The molecule has 2 rings (SSSR count). The van der Waals surface area contributed by atoms with Crippen molar-refractivity contribution in [3.8, 4) is 11.5 Å². The Kier molecular flexibility index (Phi) is 5.08. The van der Waals surface area contributed by atoms with Crippen LogP contribution < -0.4 is 4.74 Å². The zero-order chi connectivity index (χ0) is 13.7. The highest BCUT2D eigenvalue weighted by Crippen LogP contribution is 2.35. The van der Waals surface area contributed by atoms with E-state index in [1.54, 1.807) is 0 Å². The summed E-state index contributed by atoms with van der Waals surface area (Å²) in [6.07, 6.45) is 5.93. The predicted octanol–water partition coefficient (Wildman–Crippen LogP) is 3.81. The fraction of sp³-hybridized carbons (Fsp3) is 0.625. The average molecular weight is 264 g/mol. The molecule has 0 aliphatic carbocycles. The first-order valence-electron chi connectivity index (χ1n) is 7.37. The van der Waals surface area contributed by atoms with Gasteiger partial charge in [-0.05, 0) is 30.5 Å². The van der Waals surface area contributed by atoms with Crippen LogP contribution in [0.1, 0.15) is 50.7 Å². The first-order valence-corrected chi connectivity index (χ1v) is 7.37. The van der Waals surface area contributed by atoms with Crippen LogP contribution in [0.3, 0.4) is 0 Å². The van der Waals surface area contributed by atoms with Gasteiger partial charge in [0.15, 0.2) is 0 Å². The van der Waals surface area contributed by atoms with E-state index in [1.165, 1.54) is 12.8 Å². The molecule has 0 aromatic heterocycles. The minimum Gasteiger partial charge on any atom is -0.508 e. The van der Waals surface area contributed by atoms with E-state index in [0.29, 0.717) is 5.75 Å². The van der Waals surface area contributed by atoms with Crippen molar-refractivity contribution in [2.75, 3.05) is 6.61 Å². The van der Waals surface area contributed by atoms with Gasteiger partial charge in [-0.3, -0.25) is 0 Å². The maximum Gasteiger partial charge on any atom is 0.204 e. The lowest BCUT2D eigenvalue weighted by Crippen LogP contribution is -2.18. The molecule has 0 fully saturated rings. The van der Waals surface area contributed by atoms with Crippen LogP contribution in [0.25, 0.3) is 0 Å². The molecule has 0 saturated heterocycles. The predicted molar refractivity (Wildman–Crippen MR) is 75.7 cm³/mol. The molecule has 1 atom stereocenters. The van der Waals surface area contributed by atoms with Crippen molar-refractivity contribution in [2.24, 2.45) is 0 Å². The first-order chi connectivity index (χ1) is 9.24. The zero-order valence-corrected chi connectivity index (χ0v) is 11.9. The quantitative estimate of drug-likeness (QED) is 0.761. The third kappa shape index (κ3) is 3.63. The highest BCUT2D eigenvalue weighted by molar-refractivity contribution is 5.47. The molecule has 3 heteroatoms. The number of phenolic OH excluding ortho intramolecular Hbond substituents is 1. The molecule has 1 aromatic carbocycles. The molecule has 0 spiro atoms. The number of phenols is 1. The molecule has 1 aromatic rings. The molecule has 19 heavy (non-hydrogen) atoms. The highest BCUT2D eigenvalue weighted by Gasteiger charge is 2.24. The van der Waals surface area contributed by atoms with Gasteiger partial charge in [0.1, 0.15) is 11.5 Å². The average Bonchev–Trinajstić information content (AvgIpc) is 2.77. The van der Waals surface area contributed by atoms with Crippen molar-refractivity contribution in [1.29, 1.82) is 0 Å². The molecule has 0 amide bonds. The van der Waals surface area contributed by atoms with Crippen LogP contribution in [-0.2, 0) is 17.6 Å². The van der Waals surface area contributed by atoms with Crippen molar-refractivity contribution < 1.29 is 14.6 Å². The van der Waals surface area contributed by atoms with Gasteiger partial charge in [-0.2, -0.15) is 0 Å². The van der Waals surface area contributed by atoms with E-state index < -0.39 is 0 Å². The fourth-order valence-corrected chi connectivity index (χ4v) is 2.42. The number of aryl methyl sites for hydroxylation is 1. The molecule has 1 N–H and O–H groups in total. The number of aromatic hydroxyl groups is 1. The Morgan fingerprint density at radius 2 is 2.11 bits per heavy atom. The van der Waals surface area contributed by atoms with E-state index in [2.05, 4.69) is 13.8 Å². The number of fused-ring (bicyclic) bond motifs is 1. The van der Waals surface area contributed by atoms with E-state index in [9.17, 15) is 5.11 Å². The summed E-state index contributed by atoms with van der Waals surface area (Å²) < 4.78 is 11.5. The summed E-state index contributed by atoms with van der Waals surface area (Å²) in [5.41, 5.74) is 2.02. The van der Waals surface area contributed by atoms with Crippen LogP contribution in [-0.4, -0.2) is 18.0 Å². The minimum atomic E-state index is -0.178. The third-order valence-corrected chi connectivity index (χ3v) is 3.48. The fourth-order valence-electron chi connectivity index (χ4n) is 2.42. The van der Waals surface area contributed by atoms with E-state index in [0.717, 1.165) is 49.2 Å². The van der Waals surface area contributed by atoms with E-state index in [4.69, 9.17) is 9.47 Å². The molecular formula is C16H24O3. The molecule has 1 aliphatic heterocycles. The van der Waals surface area contributed by atoms with E-state index >= 15 is 0 Å². The van der Waals surface area contributed by atoms with Crippen molar-refractivity contribution in [3.63, 3.8) is 0 Å². The summed E-state index contributed by atoms with van der Waals surface area (Å²) in [5.74, 6) is 1.26. The summed E-state index contributed by atoms with van der Waals surface area (Å²) >= 11 is 0. The second kappa shape index (κ2) is 6.80. The standard InChI is InChI=1S/C16H24O3/c1-3-5-6-8-18-16-11-13-9-14(17)12(7-4-2)10-15(13)19-16/h9-10,16-17H,3-8,11H2,1-2H3. The maximum atomic E-state index is 9.94. The van der Waals surface area contributed by atoms with Crippen LogP contribution in [0, 0.1) is 0 Å². The SMILES string of the molecule is CCCCCOC1Cc2cc(O)c(CCC)cc2O1. The molecule has 0 saturated carbocycles. The number of rotatable bonds is 7. The lowest BCUT2D eigenvalue weighted by Gasteiger charge is -2.11. The van der Waals surface area contributed by atoms with Crippen LogP contribution in [0.4, 0.5) is 0 Å². The van der Waals surface area contributed by atoms with E-state index in [1.807, 2.05) is 12.1 Å². The second-order valence-electron chi connectivity index (χ2n) is 5.17. The number of hydrogen-bond acceptors (Lipinski definition) is 3. The molecule has 3 nitrogen and oxygen atoms in total. The zero-order valence-electron chi connectivity index (χ0n) is 11.9. The van der Waals surface area contributed by atoms with Gasteiger partial charge in [0.05, 0.1) is 6.61 Å².